The molecule has 0 aliphatic heterocycles. The zero-order chi connectivity index (χ0) is 12.3. The van der Waals surface area contributed by atoms with Crippen LogP contribution in [0, 0.1) is 5.92 Å². The van der Waals surface area contributed by atoms with Crippen LogP contribution in [-0.2, 0) is 12.6 Å². The minimum atomic E-state index is -4.43. The molecule has 0 radical (unpaired) electrons. The van der Waals surface area contributed by atoms with Crippen LogP contribution in [0.25, 0.3) is 0 Å². The average Bonchev–Trinajstić information content (AvgIpc) is 2.14. The van der Waals surface area contributed by atoms with Crippen LogP contribution in [0.15, 0.2) is 12.1 Å². The summed E-state index contributed by atoms with van der Waals surface area (Å²) in [4.78, 5) is 3.38. The maximum Gasteiger partial charge on any atom is 0.433 e. The molecule has 1 aromatic rings. The molecule has 1 heterocycles. The van der Waals surface area contributed by atoms with Gasteiger partial charge in [-0.3, -0.25) is 0 Å². The Bertz CT molecular complexity index is 361. The molecule has 0 bridgehead atoms. The fourth-order valence-corrected chi connectivity index (χ4v) is 1.40. The van der Waals surface area contributed by atoms with Gasteiger partial charge in [-0.15, -0.1) is 0 Å². The second kappa shape index (κ2) is 4.72. The monoisotopic (exact) mass is 233 g/mol. The molecule has 0 aliphatic rings. The highest BCUT2D eigenvalue weighted by Gasteiger charge is 2.33. The van der Waals surface area contributed by atoms with E-state index in [0.717, 1.165) is 6.07 Å². The van der Waals surface area contributed by atoms with Crippen molar-refractivity contribution in [3.05, 3.63) is 23.4 Å². The summed E-state index contributed by atoms with van der Waals surface area (Å²) in [7, 11) is 1.31. The van der Waals surface area contributed by atoms with Gasteiger partial charge in [-0.25, -0.2) is 4.98 Å². The lowest BCUT2D eigenvalue weighted by Crippen LogP contribution is -2.10. The van der Waals surface area contributed by atoms with Crippen molar-refractivity contribution >= 4 is 0 Å². The topological polar surface area (TPSA) is 22.1 Å². The van der Waals surface area contributed by atoms with Gasteiger partial charge < -0.3 is 4.74 Å². The zero-order valence-corrected chi connectivity index (χ0v) is 9.43. The van der Waals surface area contributed by atoms with Crippen molar-refractivity contribution < 1.29 is 17.9 Å². The van der Waals surface area contributed by atoms with E-state index in [2.05, 4.69) is 4.98 Å². The fourth-order valence-electron chi connectivity index (χ4n) is 1.40. The summed E-state index contributed by atoms with van der Waals surface area (Å²) in [5.41, 5.74) is -0.309. The highest BCUT2D eigenvalue weighted by molar-refractivity contribution is 5.26. The van der Waals surface area contributed by atoms with E-state index >= 15 is 0 Å². The van der Waals surface area contributed by atoms with Crippen LogP contribution in [0.1, 0.15) is 25.1 Å². The molecule has 2 nitrogen and oxygen atoms in total. The number of hydrogen-bond acceptors (Lipinski definition) is 2. The number of hydrogen-bond donors (Lipinski definition) is 0. The van der Waals surface area contributed by atoms with Gasteiger partial charge in [-0.05, 0) is 24.0 Å². The number of aromatic nitrogens is 1. The Morgan fingerprint density at radius 2 is 1.94 bits per heavy atom. The Balaban J connectivity index is 3.11. The Morgan fingerprint density at radius 3 is 2.38 bits per heavy atom. The molecule has 0 saturated carbocycles. The van der Waals surface area contributed by atoms with Gasteiger partial charge in [0.2, 0.25) is 5.88 Å². The van der Waals surface area contributed by atoms with Gasteiger partial charge in [0.15, 0.2) is 0 Å². The van der Waals surface area contributed by atoms with E-state index in [0.29, 0.717) is 12.0 Å². The first kappa shape index (κ1) is 12.8. The molecule has 0 unspecified atom stereocenters. The smallest absolute Gasteiger partial charge is 0.433 e. The van der Waals surface area contributed by atoms with Crippen molar-refractivity contribution in [1.29, 1.82) is 0 Å². The molecule has 1 rings (SSSR count). The third-order valence-electron chi connectivity index (χ3n) is 2.01. The number of pyridine rings is 1. The van der Waals surface area contributed by atoms with E-state index < -0.39 is 11.9 Å². The zero-order valence-electron chi connectivity index (χ0n) is 9.43. The first-order chi connectivity index (χ1) is 7.32. The Labute approximate surface area is 92.5 Å². The highest BCUT2D eigenvalue weighted by atomic mass is 19.4. The summed E-state index contributed by atoms with van der Waals surface area (Å²) in [5.74, 6) is 0.290. The summed E-state index contributed by atoms with van der Waals surface area (Å²) in [5, 5.41) is 0. The number of ether oxygens (including phenoxy) is 1. The van der Waals surface area contributed by atoms with E-state index in [1.54, 1.807) is 0 Å². The molecule has 0 saturated heterocycles. The Hall–Kier alpha value is -1.26. The summed E-state index contributed by atoms with van der Waals surface area (Å²) < 4.78 is 42.3. The maximum atomic E-state index is 12.5. The van der Waals surface area contributed by atoms with Gasteiger partial charge >= 0.3 is 6.18 Å². The van der Waals surface area contributed by atoms with E-state index in [-0.39, 0.29) is 11.8 Å². The van der Waals surface area contributed by atoms with Crippen molar-refractivity contribution in [2.75, 3.05) is 7.11 Å². The van der Waals surface area contributed by atoms with Crippen molar-refractivity contribution in [3.8, 4) is 5.88 Å². The first-order valence-electron chi connectivity index (χ1n) is 4.95. The SMILES string of the molecule is COc1cc(CC(C)C)cc(C(F)(F)F)n1. The molecule has 0 N–H and O–H groups in total. The number of nitrogens with zero attached hydrogens (tertiary/aromatic N) is 1. The van der Waals surface area contributed by atoms with Crippen molar-refractivity contribution in [2.45, 2.75) is 26.4 Å². The van der Waals surface area contributed by atoms with E-state index in [1.165, 1.54) is 13.2 Å². The normalized spacial score (nSPS) is 11.9. The molecule has 0 aromatic carbocycles. The fraction of sp³-hybridized carbons (Fsp3) is 0.545. The van der Waals surface area contributed by atoms with Crippen LogP contribution < -0.4 is 4.74 Å². The maximum absolute atomic E-state index is 12.5. The lowest BCUT2D eigenvalue weighted by molar-refractivity contribution is -0.141. The van der Waals surface area contributed by atoms with Crippen LogP contribution in [0.2, 0.25) is 0 Å². The molecule has 0 atom stereocenters. The lowest BCUT2D eigenvalue weighted by Gasteiger charge is -2.11. The molecule has 1 aromatic heterocycles. The van der Waals surface area contributed by atoms with Gasteiger partial charge in [-0.2, -0.15) is 13.2 Å². The summed E-state index contributed by atoms with van der Waals surface area (Å²) in [6.45, 7) is 3.89. The van der Waals surface area contributed by atoms with E-state index in [1.807, 2.05) is 13.8 Å². The molecule has 90 valence electrons. The summed E-state index contributed by atoms with van der Waals surface area (Å²) in [6, 6.07) is 2.61. The highest BCUT2D eigenvalue weighted by Crippen LogP contribution is 2.30. The molecule has 16 heavy (non-hydrogen) atoms. The van der Waals surface area contributed by atoms with Gasteiger partial charge in [0.25, 0.3) is 0 Å². The molecule has 0 amide bonds. The molecule has 5 heteroatoms. The number of alkyl halides is 3. The predicted octanol–water partition coefficient (Wildman–Crippen LogP) is 3.31. The van der Waals surface area contributed by atoms with E-state index in [4.69, 9.17) is 4.74 Å². The second-order valence-electron chi connectivity index (χ2n) is 4.00. The van der Waals surface area contributed by atoms with Crippen molar-refractivity contribution in [3.63, 3.8) is 0 Å². The first-order valence-corrected chi connectivity index (χ1v) is 4.95. The molecule has 0 spiro atoms. The molecule has 0 aliphatic carbocycles. The van der Waals surface area contributed by atoms with Crippen molar-refractivity contribution in [2.24, 2.45) is 5.92 Å². The number of methoxy groups -OCH3 is 1. The van der Waals surface area contributed by atoms with Gasteiger partial charge in [0, 0.05) is 6.07 Å². The third-order valence-corrected chi connectivity index (χ3v) is 2.01. The number of halogens is 3. The van der Waals surface area contributed by atoms with Crippen LogP contribution in [0.4, 0.5) is 13.2 Å². The standard InChI is InChI=1S/C11H14F3NO/c1-7(2)4-8-5-9(11(12,13)14)15-10(6-8)16-3/h5-7H,4H2,1-3H3. The van der Waals surface area contributed by atoms with Gasteiger partial charge in [0.05, 0.1) is 7.11 Å². The Kier molecular flexibility index (Phi) is 3.78. The predicted molar refractivity (Wildman–Crippen MR) is 54.3 cm³/mol. The second-order valence-corrected chi connectivity index (χ2v) is 4.00. The lowest BCUT2D eigenvalue weighted by atomic mass is 10.0. The van der Waals surface area contributed by atoms with Crippen LogP contribution in [0.5, 0.6) is 5.88 Å². The average molecular weight is 233 g/mol. The molecular formula is C11H14F3NO. The molecular weight excluding hydrogens is 219 g/mol. The minimum absolute atomic E-state index is 0.00507. The van der Waals surface area contributed by atoms with Gasteiger partial charge in [-0.1, -0.05) is 13.8 Å². The summed E-state index contributed by atoms with van der Waals surface area (Å²) in [6.07, 6.45) is -3.86. The van der Waals surface area contributed by atoms with Crippen LogP contribution in [-0.4, -0.2) is 12.1 Å². The quantitative estimate of drug-likeness (QED) is 0.799. The Morgan fingerprint density at radius 1 is 1.31 bits per heavy atom. The minimum Gasteiger partial charge on any atom is -0.481 e. The third kappa shape index (κ3) is 3.40. The summed E-state index contributed by atoms with van der Waals surface area (Å²) >= 11 is 0. The van der Waals surface area contributed by atoms with Crippen LogP contribution in [0.3, 0.4) is 0 Å². The van der Waals surface area contributed by atoms with Crippen molar-refractivity contribution in [1.82, 2.24) is 4.98 Å². The van der Waals surface area contributed by atoms with Crippen LogP contribution >= 0.6 is 0 Å². The largest absolute Gasteiger partial charge is 0.481 e. The van der Waals surface area contributed by atoms with Gasteiger partial charge in [0.1, 0.15) is 5.69 Å². The number of rotatable bonds is 3. The molecule has 0 fully saturated rings. The van der Waals surface area contributed by atoms with E-state index in [9.17, 15) is 13.2 Å².